The topological polar surface area (TPSA) is 94.4 Å². The van der Waals surface area contributed by atoms with Crippen molar-refractivity contribution in [2.75, 3.05) is 6.61 Å². The Bertz CT molecular complexity index is 1020. The van der Waals surface area contributed by atoms with E-state index in [4.69, 9.17) is 9.47 Å². The van der Waals surface area contributed by atoms with Gasteiger partial charge in [0.15, 0.2) is 18.3 Å². The molecule has 0 aliphatic rings. The van der Waals surface area contributed by atoms with Crippen LogP contribution in [-0.4, -0.2) is 38.4 Å². The Morgan fingerprint density at radius 1 is 1.00 bits per heavy atom. The van der Waals surface area contributed by atoms with Gasteiger partial charge in [0.1, 0.15) is 0 Å². The van der Waals surface area contributed by atoms with Gasteiger partial charge in [-0.25, -0.2) is 9.78 Å². The fourth-order valence-electron chi connectivity index (χ4n) is 2.80. The van der Waals surface area contributed by atoms with E-state index in [0.29, 0.717) is 11.6 Å². The molecule has 0 saturated carbocycles. The lowest BCUT2D eigenvalue weighted by atomic mass is 10.1. The molecule has 0 spiro atoms. The number of hydrogen-bond donors (Lipinski definition) is 1. The number of carbonyl (C=O) groups excluding carboxylic acids is 1. The van der Waals surface area contributed by atoms with Crippen molar-refractivity contribution in [2.24, 2.45) is 0 Å². The predicted octanol–water partition coefficient (Wildman–Crippen LogP) is 3.64. The average Bonchev–Trinajstić information content (AvgIpc) is 2.72. The monoisotopic (exact) mass is 405 g/mol. The number of ether oxygens (including phenoxy) is 2. The molecule has 1 unspecified atom stereocenters. The summed E-state index contributed by atoms with van der Waals surface area (Å²) >= 11 is 0. The molecule has 2 aromatic carbocycles. The lowest BCUT2D eigenvalue weighted by Crippen LogP contribution is -2.37. The maximum absolute atomic E-state index is 11.4. The van der Waals surface area contributed by atoms with Gasteiger partial charge in [-0.05, 0) is 25.0 Å². The summed E-state index contributed by atoms with van der Waals surface area (Å²) in [4.78, 5) is 24.8. The minimum Gasteiger partial charge on any atom is -0.456 e. The Kier molecular flexibility index (Phi) is 6.23. The number of aliphatic hydroxyl groups is 1. The fourth-order valence-corrected chi connectivity index (χ4v) is 2.80. The van der Waals surface area contributed by atoms with Gasteiger partial charge in [0.2, 0.25) is 5.79 Å². The fraction of sp³-hybridized carbons (Fsp3) is 0.217. The largest absolute Gasteiger partial charge is 0.456 e. The second kappa shape index (κ2) is 8.84. The zero-order valence-electron chi connectivity index (χ0n) is 17.1. The SMILES string of the molecule is C=CC(=O)OC(C)(O)COc1nc(-c2ccccc2C)nc(-c2ccccc2C)n1. The van der Waals surface area contributed by atoms with Gasteiger partial charge in [-0.15, -0.1) is 0 Å². The summed E-state index contributed by atoms with van der Waals surface area (Å²) in [6, 6.07) is 15.4. The summed E-state index contributed by atoms with van der Waals surface area (Å²) in [5, 5.41) is 10.3. The highest BCUT2D eigenvalue weighted by Crippen LogP contribution is 2.26. The number of aryl methyl sites for hydroxylation is 2. The van der Waals surface area contributed by atoms with Gasteiger partial charge in [-0.3, -0.25) is 0 Å². The van der Waals surface area contributed by atoms with Crippen molar-refractivity contribution in [1.82, 2.24) is 15.0 Å². The lowest BCUT2D eigenvalue weighted by molar-refractivity contribution is -0.206. The minimum atomic E-state index is -1.87. The number of carbonyl (C=O) groups is 1. The molecular formula is C23H23N3O4. The predicted molar refractivity (Wildman–Crippen MR) is 113 cm³/mol. The number of benzene rings is 2. The van der Waals surface area contributed by atoms with Crippen molar-refractivity contribution < 1.29 is 19.4 Å². The molecule has 30 heavy (non-hydrogen) atoms. The highest BCUT2D eigenvalue weighted by Gasteiger charge is 2.26. The van der Waals surface area contributed by atoms with Crippen LogP contribution in [0.4, 0.5) is 0 Å². The van der Waals surface area contributed by atoms with Crippen LogP contribution in [0.15, 0.2) is 61.2 Å². The molecule has 154 valence electrons. The first kappa shape index (κ1) is 21.1. The highest BCUT2D eigenvalue weighted by molar-refractivity contribution is 5.81. The lowest BCUT2D eigenvalue weighted by Gasteiger charge is -2.22. The van der Waals surface area contributed by atoms with E-state index in [1.165, 1.54) is 6.92 Å². The molecule has 1 heterocycles. The molecule has 1 atom stereocenters. The molecule has 0 saturated heterocycles. The summed E-state index contributed by atoms with van der Waals surface area (Å²) in [6.07, 6.45) is 0.962. The van der Waals surface area contributed by atoms with Crippen molar-refractivity contribution in [3.05, 3.63) is 72.3 Å². The maximum Gasteiger partial charge on any atom is 0.332 e. The number of esters is 1. The smallest absolute Gasteiger partial charge is 0.332 e. The van der Waals surface area contributed by atoms with E-state index < -0.39 is 11.8 Å². The molecule has 0 amide bonds. The van der Waals surface area contributed by atoms with E-state index in [1.807, 2.05) is 62.4 Å². The molecule has 7 nitrogen and oxygen atoms in total. The first-order chi connectivity index (χ1) is 14.3. The molecule has 1 N–H and O–H groups in total. The van der Waals surface area contributed by atoms with Crippen LogP contribution < -0.4 is 4.74 Å². The Morgan fingerprint density at radius 2 is 1.50 bits per heavy atom. The summed E-state index contributed by atoms with van der Waals surface area (Å²) in [7, 11) is 0. The Labute approximate surface area is 175 Å². The van der Waals surface area contributed by atoms with Crippen LogP contribution in [0.25, 0.3) is 22.8 Å². The van der Waals surface area contributed by atoms with Gasteiger partial charge >= 0.3 is 12.0 Å². The van der Waals surface area contributed by atoms with Gasteiger partial charge in [0.05, 0.1) is 0 Å². The second-order valence-corrected chi connectivity index (χ2v) is 6.98. The standard InChI is InChI=1S/C23H23N3O4/c1-5-19(27)30-23(4,28)14-29-22-25-20(17-12-8-6-10-15(17)2)24-21(26-22)18-13-9-7-11-16(18)3/h5-13,28H,1,14H2,2-4H3. The number of hydrogen-bond acceptors (Lipinski definition) is 7. The summed E-state index contributed by atoms with van der Waals surface area (Å²) < 4.78 is 10.5. The first-order valence-corrected chi connectivity index (χ1v) is 9.38. The van der Waals surface area contributed by atoms with Gasteiger partial charge in [-0.1, -0.05) is 55.1 Å². The molecule has 7 heteroatoms. The van der Waals surface area contributed by atoms with E-state index in [-0.39, 0.29) is 12.6 Å². The third-order valence-electron chi connectivity index (χ3n) is 4.34. The van der Waals surface area contributed by atoms with Crippen LogP contribution in [0.3, 0.4) is 0 Å². The van der Waals surface area contributed by atoms with E-state index in [0.717, 1.165) is 28.3 Å². The van der Waals surface area contributed by atoms with Crippen molar-refractivity contribution >= 4 is 5.97 Å². The van der Waals surface area contributed by atoms with Gasteiger partial charge in [0.25, 0.3) is 0 Å². The summed E-state index contributed by atoms with van der Waals surface area (Å²) in [6.45, 7) is 8.18. The summed E-state index contributed by atoms with van der Waals surface area (Å²) in [5.41, 5.74) is 3.67. The zero-order valence-corrected chi connectivity index (χ0v) is 17.1. The number of nitrogens with zero attached hydrogens (tertiary/aromatic N) is 3. The minimum absolute atomic E-state index is 0.0106. The van der Waals surface area contributed by atoms with Crippen molar-refractivity contribution in [3.8, 4) is 28.8 Å². The van der Waals surface area contributed by atoms with E-state index in [1.54, 1.807) is 0 Å². The molecule has 0 aliphatic carbocycles. The number of rotatable bonds is 7. The van der Waals surface area contributed by atoms with Crippen LogP contribution in [0, 0.1) is 13.8 Å². The molecule has 3 rings (SSSR count). The quantitative estimate of drug-likeness (QED) is 0.364. The molecule has 0 radical (unpaired) electrons. The van der Waals surface area contributed by atoms with E-state index in [9.17, 15) is 9.90 Å². The molecule has 0 bridgehead atoms. The van der Waals surface area contributed by atoms with Crippen molar-refractivity contribution in [2.45, 2.75) is 26.6 Å². The van der Waals surface area contributed by atoms with Crippen LogP contribution in [0.2, 0.25) is 0 Å². The summed E-state index contributed by atoms with van der Waals surface area (Å²) in [5.74, 6) is -1.75. The molecule has 3 aromatic rings. The van der Waals surface area contributed by atoms with Crippen LogP contribution in [0.5, 0.6) is 6.01 Å². The van der Waals surface area contributed by atoms with Crippen LogP contribution in [-0.2, 0) is 9.53 Å². The average molecular weight is 405 g/mol. The zero-order chi connectivity index (χ0) is 21.7. The van der Waals surface area contributed by atoms with E-state index in [2.05, 4.69) is 21.5 Å². The third kappa shape index (κ3) is 5.07. The Balaban J connectivity index is 2.00. The third-order valence-corrected chi connectivity index (χ3v) is 4.34. The highest BCUT2D eigenvalue weighted by atomic mass is 16.7. The Hall–Kier alpha value is -3.58. The first-order valence-electron chi connectivity index (χ1n) is 9.38. The van der Waals surface area contributed by atoms with Gasteiger partial charge < -0.3 is 14.6 Å². The van der Waals surface area contributed by atoms with Gasteiger partial charge in [-0.2, -0.15) is 9.97 Å². The van der Waals surface area contributed by atoms with Crippen molar-refractivity contribution in [3.63, 3.8) is 0 Å². The number of aromatic nitrogens is 3. The van der Waals surface area contributed by atoms with Crippen LogP contribution in [0.1, 0.15) is 18.1 Å². The van der Waals surface area contributed by atoms with Crippen LogP contribution >= 0.6 is 0 Å². The molecule has 0 fully saturated rings. The van der Waals surface area contributed by atoms with Crippen molar-refractivity contribution in [1.29, 1.82) is 0 Å². The normalized spacial score (nSPS) is 12.7. The molecule has 0 aliphatic heterocycles. The molecule has 1 aromatic heterocycles. The van der Waals surface area contributed by atoms with E-state index >= 15 is 0 Å². The second-order valence-electron chi connectivity index (χ2n) is 6.98. The van der Waals surface area contributed by atoms with Gasteiger partial charge in [0, 0.05) is 24.1 Å². The molecular weight excluding hydrogens is 382 g/mol. The maximum atomic E-state index is 11.4. The Morgan fingerprint density at radius 3 is 1.97 bits per heavy atom.